The van der Waals surface area contributed by atoms with Crippen molar-refractivity contribution in [3.05, 3.63) is 11.6 Å². The third kappa shape index (κ3) is 5.44. The summed E-state index contributed by atoms with van der Waals surface area (Å²) in [6.45, 7) is 7.81. The Morgan fingerprint density at radius 1 is 1.10 bits per heavy atom. The van der Waals surface area contributed by atoms with Crippen molar-refractivity contribution < 1.29 is 4.79 Å². The summed E-state index contributed by atoms with van der Waals surface area (Å²) in [6.07, 6.45) is 8.94. The fourth-order valence-electron chi connectivity index (χ4n) is 3.47. The summed E-state index contributed by atoms with van der Waals surface area (Å²) in [5.74, 6) is 0.00926. The van der Waals surface area contributed by atoms with Crippen LogP contribution in [-0.2, 0) is 4.79 Å². The smallest absolute Gasteiger partial charge is 0.220 e. The molecule has 1 heterocycles. The molecule has 1 amide bonds. The maximum Gasteiger partial charge on any atom is 0.220 e. The quantitative estimate of drug-likeness (QED) is 0.763. The highest BCUT2D eigenvalue weighted by molar-refractivity contribution is 5.76. The summed E-state index contributed by atoms with van der Waals surface area (Å²) < 4.78 is 0. The Bertz CT molecular complexity index is 360. The highest BCUT2D eigenvalue weighted by Gasteiger charge is 2.27. The monoisotopic (exact) mass is 293 g/mol. The fourth-order valence-corrected chi connectivity index (χ4v) is 3.47. The molecular formula is C17H31N3O. The first-order chi connectivity index (χ1) is 10.0. The van der Waals surface area contributed by atoms with E-state index < -0.39 is 0 Å². The van der Waals surface area contributed by atoms with E-state index in [1.807, 2.05) is 0 Å². The highest BCUT2D eigenvalue weighted by Crippen LogP contribution is 2.25. The molecule has 0 aromatic carbocycles. The molecule has 1 aliphatic carbocycles. The molecule has 0 aromatic heterocycles. The van der Waals surface area contributed by atoms with Crippen LogP contribution in [0.1, 0.15) is 52.4 Å². The average Bonchev–Trinajstić information content (AvgIpc) is 2.47. The minimum absolute atomic E-state index is 0.110. The molecule has 4 nitrogen and oxygen atoms in total. The van der Waals surface area contributed by atoms with Gasteiger partial charge in [-0.15, -0.1) is 0 Å². The van der Waals surface area contributed by atoms with Gasteiger partial charge >= 0.3 is 0 Å². The van der Waals surface area contributed by atoms with Crippen molar-refractivity contribution in [2.24, 2.45) is 11.7 Å². The van der Waals surface area contributed by atoms with E-state index in [0.29, 0.717) is 12.1 Å². The lowest BCUT2D eigenvalue weighted by atomic mass is 9.85. The van der Waals surface area contributed by atoms with Gasteiger partial charge in [0.05, 0.1) is 0 Å². The number of nitrogens with one attached hydrogen (secondary N) is 1. The van der Waals surface area contributed by atoms with E-state index in [0.717, 1.165) is 32.2 Å². The summed E-state index contributed by atoms with van der Waals surface area (Å²) in [6, 6.07) is 1.25. The Morgan fingerprint density at radius 3 is 2.19 bits per heavy atom. The van der Waals surface area contributed by atoms with E-state index in [-0.39, 0.29) is 11.8 Å². The number of likely N-dealkylation sites (tertiary alicyclic amines) is 1. The van der Waals surface area contributed by atoms with Crippen molar-refractivity contribution in [2.45, 2.75) is 64.5 Å². The van der Waals surface area contributed by atoms with Crippen LogP contribution in [0.4, 0.5) is 0 Å². The third-order valence-electron chi connectivity index (χ3n) is 4.95. The summed E-state index contributed by atoms with van der Waals surface area (Å²) in [5, 5.41) is 3.81. The number of hydrogen-bond donors (Lipinski definition) is 2. The van der Waals surface area contributed by atoms with Gasteiger partial charge in [-0.05, 0) is 65.5 Å². The van der Waals surface area contributed by atoms with Gasteiger partial charge in [-0.2, -0.15) is 0 Å². The molecule has 1 aliphatic heterocycles. The molecule has 0 spiro atoms. The molecule has 2 aliphatic rings. The molecule has 3 N–H and O–H groups in total. The molecular weight excluding hydrogens is 262 g/mol. The molecule has 0 atom stereocenters. The zero-order valence-corrected chi connectivity index (χ0v) is 13.6. The Balaban J connectivity index is 1.65. The number of rotatable bonds is 5. The van der Waals surface area contributed by atoms with Gasteiger partial charge in [-0.3, -0.25) is 9.69 Å². The number of hydrogen-bond acceptors (Lipinski definition) is 3. The van der Waals surface area contributed by atoms with Gasteiger partial charge in [0, 0.05) is 24.5 Å². The predicted molar refractivity (Wildman–Crippen MR) is 87.0 cm³/mol. The first-order valence-electron chi connectivity index (χ1n) is 8.45. The first-order valence-corrected chi connectivity index (χ1v) is 8.45. The van der Waals surface area contributed by atoms with Gasteiger partial charge in [-0.1, -0.05) is 11.6 Å². The molecule has 120 valence electrons. The molecule has 2 rings (SSSR count). The zero-order valence-electron chi connectivity index (χ0n) is 13.6. The Labute approximate surface area is 129 Å². The number of primary amides is 1. The topological polar surface area (TPSA) is 58.4 Å². The molecule has 1 saturated heterocycles. The number of piperidine rings is 1. The number of amides is 1. The van der Waals surface area contributed by atoms with Crippen LogP contribution >= 0.6 is 0 Å². The van der Waals surface area contributed by atoms with Crippen LogP contribution in [0, 0.1) is 5.92 Å². The largest absolute Gasteiger partial charge is 0.369 e. The highest BCUT2D eigenvalue weighted by atomic mass is 16.1. The molecule has 1 saturated carbocycles. The molecule has 2 fully saturated rings. The minimum Gasteiger partial charge on any atom is -0.369 e. The molecule has 4 heteroatoms. The first kappa shape index (κ1) is 16.5. The van der Waals surface area contributed by atoms with Gasteiger partial charge in [0.1, 0.15) is 0 Å². The van der Waals surface area contributed by atoms with Gasteiger partial charge in [0.25, 0.3) is 0 Å². The number of nitrogens with zero attached hydrogens (tertiary/aromatic N) is 1. The van der Waals surface area contributed by atoms with Crippen molar-refractivity contribution in [1.29, 1.82) is 0 Å². The van der Waals surface area contributed by atoms with Crippen molar-refractivity contribution >= 4 is 5.91 Å². The van der Waals surface area contributed by atoms with E-state index >= 15 is 0 Å². The number of carbonyl (C=O) groups excluding carboxylic acids is 1. The fraction of sp³-hybridized carbons (Fsp3) is 0.824. The van der Waals surface area contributed by atoms with E-state index in [4.69, 9.17) is 5.73 Å². The lowest BCUT2D eigenvalue weighted by Crippen LogP contribution is -2.47. The minimum atomic E-state index is -0.110. The van der Waals surface area contributed by atoms with Crippen LogP contribution in [0.15, 0.2) is 11.6 Å². The van der Waals surface area contributed by atoms with Crippen molar-refractivity contribution in [3.8, 4) is 0 Å². The summed E-state index contributed by atoms with van der Waals surface area (Å²) in [4.78, 5) is 13.7. The summed E-state index contributed by atoms with van der Waals surface area (Å²) >= 11 is 0. The Morgan fingerprint density at radius 2 is 1.67 bits per heavy atom. The van der Waals surface area contributed by atoms with E-state index in [1.54, 1.807) is 0 Å². The van der Waals surface area contributed by atoms with Crippen LogP contribution in [0.3, 0.4) is 0 Å². The van der Waals surface area contributed by atoms with E-state index in [1.165, 1.54) is 31.5 Å². The van der Waals surface area contributed by atoms with Gasteiger partial charge in [0.15, 0.2) is 0 Å². The van der Waals surface area contributed by atoms with Crippen molar-refractivity contribution in [3.63, 3.8) is 0 Å². The van der Waals surface area contributed by atoms with Crippen molar-refractivity contribution in [2.75, 3.05) is 19.6 Å². The van der Waals surface area contributed by atoms with Crippen LogP contribution in [0.25, 0.3) is 0 Å². The molecule has 0 radical (unpaired) electrons. The summed E-state index contributed by atoms with van der Waals surface area (Å²) in [7, 11) is 0. The number of allylic oxidation sites excluding steroid dienone is 1. The Kier molecular flexibility index (Phi) is 6.24. The SMILES string of the molecule is CC(C)=CCN1CCC(NC2CCC(C(N)=O)CC2)CC1. The standard InChI is InChI=1S/C17H31N3O/c1-13(2)7-10-20-11-8-16(9-12-20)19-15-5-3-14(4-6-15)17(18)21/h7,14-16,19H,3-6,8-12H2,1-2H3,(H2,18,21). The van der Waals surface area contributed by atoms with E-state index in [9.17, 15) is 4.79 Å². The maximum atomic E-state index is 11.2. The summed E-state index contributed by atoms with van der Waals surface area (Å²) in [5.41, 5.74) is 6.80. The van der Waals surface area contributed by atoms with Gasteiger partial charge < -0.3 is 11.1 Å². The van der Waals surface area contributed by atoms with Crippen LogP contribution in [0.2, 0.25) is 0 Å². The molecule has 0 unspecified atom stereocenters. The number of carbonyl (C=O) groups is 1. The second-order valence-corrected chi connectivity index (χ2v) is 6.97. The average molecular weight is 293 g/mol. The predicted octanol–water partition coefficient (Wildman–Crippen LogP) is 2.05. The lowest BCUT2D eigenvalue weighted by molar-refractivity contribution is -0.122. The Hall–Kier alpha value is -0.870. The van der Waals surface area contributed by atoms with Gasteiger partial charge in [-0.25, -0.2) is 0 Å². The molecule has 21 heavy (non-hydrogen) atoms. The molecule has 0 bridgehead atoms. The van der Waals surface area contributed by atoms with Gasteiger partial charge in [0.2, 0.25) is 5.91 Å². The third-order valence-corrected chi connectivity index (χ3v) is 4.95. The van der Waals surface area contributed by atoms with E-state index in [2.05, 4.69) is 30.1 Å². The molecule has 0 aromatic rings. The normalized spacial score (nSPS) is 28.3. The number of nitrogens with two attached hydrogens (primary N) is 1. The van der Waals surface area contributed by atoms with Crippen LogP contribution < -0.4 is 11.1 Å². The van der Waals surface area contributed by atoms with Crippen LogP contribution in [-0.4, -0.2) is 42.5 Å². The lowest BCUT2D eigenvalue weighted by Gasteiger charge is -2.36. The second-order valence-electron chi connectivity index (χ2n) is 6.97. The van der Waals surface area contributed by atoms with Crippen LogP contribution in [0.5, 0.6) is 0 Å². The zero-order chi connectivity index (χ0) is 15.2. The maximum absolute atomic E-state index is 11.2. The van der Waals surface area contributed by atoms with Crippen molar-refractivity contribution in [1.82, 2.24) is 10.2 Å². The second kappa shape index (κ2) is 7.95.